The zero-order valence-electron chi connectivity index (χ0n) is 31.0. The lowest BCUT2D eigenvalue weighted by atomic mass is 9.80. The number of fused-ring (bicyclic) bond motifs is 6. The van der Waals surface area contributed by atoms with Crippen molar-refractivity contribution in [1.29, 1.82) is 0 Å². The Morgan fingerprint density at radius 1 is 0.400 bits per heavy atom. The van der Waals surface area contributed by atoms with E-state index >= 15 is 0 Å². The van der Waals surface area contributed by atoms with Gasteiger partial charge >= 0.3 is 0 Å². The molecule has 0 aliphatic rings. The van der Waals surface area contributed by atoms with Crippen LogP contribution in [-0.2, 0) is 16.2 Å². The number of hydrogen-bond acceptors (Lipinski definition) is 0. The molecule has 0 aliphatic heterocycles. The number of benzene rings is 6. The van der Waals surface area contributed by atoms with Gasteiger partial charge in [-0.25, -0.2) is 0 Å². The van der Waals surface area contributed by atoms with Gasteiger partial charge < -0.3 is 9.13 Å². The average molecular weight is 653 g/mol. The Morgan fingerprint density at radius 3 is 1.48 bits per heavy atom. The number of para-hydroxylation sites is 2. The molecule has 2 nitrogen and oxygen atoms in total. The van der Waals surface area contributed by atoms with Crippen molar-refractivity contribution < 1.29 is 0 Å². The smallest absolute Gasteiger partial charge is 0.0547 e. The predicted octanol–water partition coefficient (Wildman–Crippen LogP) is 13.4. The summed E-state index contributed by atoms with van der Waals surface area (Å²) < 4.78 is 5.06. The molecule has 0 radical (unpaired) electrons. The first-order valence-corrected chi connectivity index (χ1v) is 18.0. The molecule has 0 saturated heterocycles. The molecular formula is C48H48N2. The molecule has 8 rings (SSSR count). The Balaban J connectivity index is 1.60. The third kappa shape index (κ3) is 5.07. The summed E-state index contributed by atoms with van der Waals surface area (Å²) in [4.78, 5) is 0. The average Bonchev–Trinajstić information content (AvgIpc) is 3.60. The summed E-state index contributed by atoms with van der Waals surface area (Å²) in [5, 5.41) is 5.19. The Morgan fingerprint density at radius 2 is 0.920 bits per heavy atom. The van der Waals surface area contributed by atoms with Gasteiger partial charge in [0.1, 0.15) is 0 Å². The Kier molecular flexibility index (Phi) is 7.21. The minimum Gasteiger partial charge on any atom is -0.309 e. The first-order chi connectivity index (χ1) is 23.7. The van der Waals surface area contributed by atoms with E-state index in [1.54, 1.807) is 0 Å². The van der Waals surface area contributed by atoms with Crippen molar-refractivity contribution in [3.05, 3.63) is 144 Å². The number of rotatable bonds is 3. The largest absolute Gasteiger partial charge is 0.309 e. The van der Waals surface area contributed by atoms with Crippen molar-refractivity contribution in [3.63, 3.8) is 0 Å². The van der Waals surface area contributed by atoms with Crippen LogP contribution in [0.1, 0.15) is 79.0 Å². The second-order valence-electron chi connectivity index (χ2n) is 17.1. The van der Waals surface area contributed by atoms with Gasteiger partial charge in [0.2, 0.25) is 0 Å². The zero-order valence-corrected chi connectivity index (χ0v) is 31.0. The van der Waals surface area contributed by atoms with E-state index in [1.165, 1.54) is 82.8 Å². The Labute approximate surface area is 297 Å². The van der Waals surface area contributed by atoms with Gasteiger partial charge in [-0.05, 0) is 86.5 Å². The van der Waals surface area contributed by atoms with Crippen molar-refractivity contribution in [2.24, 2.45) is 0 Å². The third-order valence-corrected chi connectivity index (χ3v) is 10.5. The highest BCUT2D eigenvalue weighted by Gasteiger charge is 2.30. The lowest BCUT2D eigenvalue weighted by molar-refractivity contribution is 0.568. The van der Waals surface area contributed by atoms with Gasteiger partial charge in [0.05, 0.1) is 27.8 Å². The van der Waals surface area contributed by atoms with Crippen LogP contribution in [0, 0.1) is 0 Å². The maximum absolute atomic E-state index is 2.55. The zero-order chi connectivity index (χ0) is 35.2. The fourth-order valence-electron chi connectivity index (χ4n) is 8.01. The maximum atomic E-state index is 2.55. The van der Waals surface area contributed by atoms with Gasteiger partial charge in [0, 0.05) is 27.2 Å². The molecule has 50 heavy (non-hydrogen) atoms. The lowest BCUT2D eigenvalue weighted by Crippen LogP contribution is -2.17. The van der Waals surface area contributed by atoms with Crippen LogP contribution >= 0.6 is 0 Å². The molecule has 0 amide bonds. The number of nitrogens with zero attached hydrogens (tertiary/aromatic N) is 2. The SMILES string of the molecule is CC(C)(C)c1cc(-n2c3cccc(-c4ccccc4)c3c3c(C(C)(C)C)c(-n4c5ccccc5c5ccccc54)ccc32)cc(C(C)(C)C)c1. The fourth-order valence-corrected chi connectivity index (χ4v) is 8.01. The first kappa shape index (κ1) is 32.1. The number of hydrogen-bond donors (Lipinski definition) is 0. The summed E-state index contributed by atoms with van der Waals surface area (Å²) in [7, 11) is 0. The molecule has 2 heterocycles. The molecule has 0 unspecified atom stereocenters. The Bertz CT molecular complexity index is 2490. The molecule has 2 aromatic heterocycles. The van der Waals surface area contributed by atoms with Crippen molar-refractivity contribution >= 4 is 43.6 Å². The lowest BCUT2D eigenvalue weighted by Gasteiger charge is -2.27. The number of aromatic nitrogens is 2. The van der Waals surface area contributed by atoms with Crippen LogP contribution in [0.25, 0.3) is 66.1 Å². The van der Waals surface area contributed by atoms with E-state index in [9.17, 15) is 0 Å². The van der Waals surface area contributed by atoms with E-state index in [2.05, 4.69) is 199 Å². The van der Waals surface area contributed by atoms with Crippen LogP contribution in [0.4, 0.5) is 0 Å². The maximum Gasteiger partial charge on any atom is 0.0547 e. The molecule has 0 saturated carbocycles. The van der Waals surface area contributed by atoms with Gasteiger partial charge in [-0.15, -0.1) is 0 Å². The van der Waals surface area contributed by atoms with E-state index in [1.807, 2.05) is 0 Å². The van der Waals surface area contributed by atoms with E-state index in [0.29, 0.717) is 0 Å². The molecule has 0 spiro atoms. The summed E-state index contributed by atoms with van der Waals surface area (Å²) >= 11 is 0. The highest BCUT2D eigenvalue weighted by atomic mass is 15.0. The van der Waals surface area contributed by atoms with Crippen LogP contribution in [-0.4, -0.2) is 9.13 Å². The molecule has 8 aromatic rings. The molecule has 0 atom stereocenters. The van der Waals surface area contributed by atoms with Gasteiger partial charge in [0.25, 0.3) is 0 Å². The molecule has 0 fully saturated rings. The van der Waals surface area contributed by atoms with Crippen LogP contribution in [0.15, 0.2) is 127 Å². The van der Waals surface area contributed by atoms with E-state index < -0.39 is 0 Å². The third-order valence-electron chi connectivity index (χ3n) is 10.5. The minimum atomic E-state index is -0.173. The van der Waals surface area contributed by atoms with Crippen molar-refractivity contribution in [2.75, 3.05) is 0 Å². The highest BCUT2D eigenvalue weighted by molar-refractivity contribution is 6.18. The normalized spacial score (nSPS) is 12.9. The van der Waals surface area contributed by atoms with E-state index in [-0.39, 0.29) is 16.2 Å². The molecule has 0 N–H and O–H groups in total. The van der Waals surface area contributed by atoms with Crippen LogP contribution in [0.2, 0.25) is 0 Å². The van der Waals surface area contributed by atoms with Crippen LogP contribution in [0.5, 0.6) is 0 Å². The molecular weight excluding hydrogens is 605 g/mol. The summed E-state index contributed by atoms with van der Waals surface area (Å²) in [6.07, 6.45) is 0. The topological polar surface area (TPSA) is 9.86 Å². The highest BCUT2D eigenvalue weighted by Crippen LogP contribution is 2.47. The monoisotopic (exact) mass is 652 g/mol. The summed E-state index contributed by atoms with van der Waals surface area (Å²) in [5.74, 6) is 0. The summed E-state index contributed by atoms with van der Waals surface area (Å²) in [6.45, 7) is 21.1. The van der Waals surface area contributed by atoms with Crippen molar-refractivity contribution in [1.82, 2.24) is 9.13 Å². The molecule has 6 aromatic carbocycles. The standard InChI is InChI=1S/C48H48N2/c1-46(2,3)32-28-33(47(4,5)6)30-34(29-32)49-40-25-17-22-35(31-18-11-10-12-19-31)43(40)44-41(49)26-27-42(45(44)48(7,8)9)50-38-23-15-13-20-36(38)37-21-14-16-24-39(37)50/h10-30H,1-9H3. The second kappa shape index (κ2) is 11.2. The quantitative estimate of drug-likeness (QED) is 0.180. The summed E-state index contributed by atoms with van der Waals surface area (Å²) in [5.41, 5.74) is 13.8. The molecule has 0 bridgehead atoms. The van der Waals surface area contributed by atoms with Crippen LogP contribution < -0.4 is 0 Å². The van der Waals surface area contributed by atoms with E-state index in [0.717, 1.165) is 0 Å². The Hall–Kier alpha value is -5.08. The van der Waals surface area contributed by atoms with Crippen molar-refractivity contribution in [3.8, 4) is 22.5 Å². The summed E-state index contributed by atoms with van der Waals surface area (Å²) in [6, 6.07) is 47.6. The van der Waals surface area contributed by atoms with Crippen LogP contribution in [0.3, 0.4) is 0 Å². The first-order valence-electron chi connectivity index (χ1n) is 18.0. The van der Waals surface area contributed by atoms with Gasteiger partial charge in [-0.1, -0.05) is 147 Å². The molecule has 2 heteroatoms. The second-order valence-corrected chi connectivity index (χ2v) is 17.1. The van der Waals surface area contributed by atoms with Crippen molar-refractivity contribution in [2.45, 2.75) is 78.6 Å². The van der Waals surface area contributed by atoms with Gasteiger partial charge in [-0.2, -0.15) is 0 Å². The predicted molar refractivity (Wildman–Crippen MR) is 217 cm³/mol. The van der Waals surface area contributed by atoms with E-state index in [4.69, 9.17) is 0 Å². The molecule has 250 valence electrons. The minimum absolute atomic E-state index is 0.00421. The molecule has 0 aliphatic carbocycles. The van der Waals surface area contributed by atoms with Gasteiger partial charge in [0.15, 0.2) is 0 Å². The van der Waals surface area contributed by atoms with Gasteiger partial charge in [-0.3, -0.25) is 0 Å². The fraction of sp³-hybridized carbons (Fsp3) is 0.250.